The van der Waals surface area contributed by atoms with Crippen LogP contribution in [0.15, 0.2) is 54.7 Å². The third-order valence-corrected chi connectivity index (χ3v) is 9.59. The van der Waals surface area contributed by atoms with Crippen molar-refractivity contribution in [2.75, 3.05) is 29.9 Å². The molecule has 4 aromatic rings. The van der Waals surface area contributed by atoms with E-state index in [4.69, 9.17) is 4.98 Å². The number of fused-ring (bicyclic) bond motifs is 1. The lowest BCUT2D eigenvalue weighted by Crippen LogP contribution is -2.49. The first-order valence-corrected chi connectivity index (χ1v) is 16.0. The number of pyridine rings is 1. The molecule has 2 aliphatic heterocycles. The minimum Gasteiger partial charge on any atom is -0.386 e. The Morgan fingerprint density at radius 2 is 1.79 bits per heavy atom. The second-order valence-electron chi connectivity index (χ2n) is 12.3. The summed E-state index contributed by atoms with van der Waals surface area (Å²) in [5.74, 6) is -0.661. The van der Waals surface area contributed by atoms with Crippen molar-refractivity contribution in [1.82, 2.24) is 20.2 Å². The summed E-state index contributed by atoms with van der Waals surface area (Å²) in [5, 5.41) is 17.0. The number of carbonyl (C=O) groups is 3. The van der Waals surface area contributed by atoms with E-state index in [1.807, 2.05) is 24.3 Å². The van der Waals surface area contributed by atoms with E-state index in [2.05, 4.69) is 20.5 Å². The molecule has 0 bridgehead atoms. The number of hydrogen-bond acceptors (Lipinski definition) is 8. The minimum atomic E-state index is -4.61. The van der Waals surface area contributed by atoms with Crippen molar-refractivity contribution in [3.63, 3.8) is 0 Å². The molecule has 0 radical (unpaired) electrons. The average molecular weight is 667 g/mol. The Kier molecular flexibility index (Phi) is 8.76. The molecule has 14 heteroatoms. The Balaban J connectivity index is 1.11. The number of benzene rings is 2. The fraction of sp³-hybridized carbons (Fsp3) is 0.364. The van der Waals surface area contributed by atoms with Gasteiger partial charge in [-0.3, -0.25) is 29.7 Å². The number of imide groups is 1. The normalized spacial score (nSPS) is 16.9. The summed E-state index contributed by atoms with van der Waals surface area (Å²) >= 11 is 1.53. The number of aromatic nitrogens is 2. The maximum atomic E-state index is 13.0. The molecule has 2 aliphatic rings. The van der Waals surface area contributed by atoms with E-state index in [1.165, 1.54) is 11.3 Å². The molecule has 2 aromatic heterocycles. The van der Waals surface area contributed by atoms with Gasteiger partial charge in [-0.2, -0.15) is 13.2 Å². The van der Waals surface area contributed by atoms with E-state index in [-0.39, 0.29) is 23.8 Å². The smallest absolute Gasteiger partial charge is 0.386 e. The van der Waals surface area contributed by atoms with Crippen molar-refractivity contribution >= 4 is 50.8 Å². The van der Waals surface area contributed by atoms with Gasteiger partial charge >= 0.3 is 12.2 Å². The van der Waals surface area contributed by atoms with Crippen LogP contribution in [0.4, 0.5) is 29.3 Å². The van der Waals surface area contributed by atoms with Crippen LogP contribution in [0.25, 0.3) is 10.2 Å². The topological polar surface area (TPSA) is 128 Å². The second-order valence-corrected chi connectivity index (χ2v) is 13.4. The van der Waals surface area contributed by atoms with Gasteiger partial charge in [0.1, 0.15) is 5.69 Å². The van der Waals surface area contributed by atoms with Gasteiger partial charge in [-0.05, 0) is 81.7 Å². The van der Waals surface area contributed by atoms with Crippen molar-refractivity contribution < 1.29 is 32.7 Å². The van der Waals surface area contributed by atoms with Crippen molar-refractivity contribution in [2.24, 2.45) is 0 Å². The molecule has 2 aromatic carbocycles. The number of hydrogen-bond donors (Lipinski definition) is 3. The van der Waals surface area contributed by atoms with Crippen LogP contribution in [0.2, 0.25) is 0 Å². The van der Waals surface area contributed by atoms with Crippen LogP contribution >= 0.6 is 11.3 Å². The number of halogens is 3. The molecule has 4 heterocycles. The molecule has 0 unspecified atom stereocenters. The largest absolute Gasteiger partial charge is 0.433 e. The highest BCUT2D eigenvalue weighted by atomic mass is 32.1. The second kappa shape index (κ2) is 12.7. The SMILES string of the molecule is CC(C)(O)c1cc2nc(C3CCN(Cc4ccc(N5CCC(=O)NC5=O)cc4)CC3)sc2cc1NC(=O)c1ccc(C(F)(F)F)nc1. The van der Waals surface area contributed by atoms with Crippen molar-refractivity contribution in [3.8, 4) is 0 Å². The van der Waals surface area contributed by atoms with Gasteiger partial charge in [0.2, 0.25) is 5.91 Å². The van der Waals surface area contributed by atoms with Crippen LogP contribution in [0.3, 0.4) is 0 Å². The Hall–Kier alpha value is -4.40. The highest BCUT2D eigenvalue weighted by Gasteiger charge is 2.33. The summed E-state index contributed by atoms with van der Waals surface area (Å²) in [4.78, 5) is 48.7. The van der Waals surface area contributed by atoms with Crippen LogP contribution in [0, 0.1) is 0 Å². The predicted octanol–water partition coefficient (Wildman–Crippen LogP) is 6.02. The lowest BCUT2D eigenvalue weighted by Gasteiger charge is -2.31. The third kappa shape index (κ3) is 7.29. The van der Waals surface area contributed by atoms with Crippen molar-refractivity contribution in [2.45, 2.75) is 57.3 Å². The number of nitrogens with zero attached hydrogens (tertiary/aromatic N) is 4. The standard InChI is InChI=1S/C33H33F3N6O4S/c1-32(2,46)23-15-25-26(16-24(23)38-29(44)21-5-8-27(37-17-21)33(34,35)36)47-30(39-25)20-9-12-41(13-10-20)18-19-3-6-22(7-4-19)42-14-11-28(43)40-31(42)45/h3-8,15-17,20,46H,9-14,18H2,1-2H3,(H,38,44)(H,40,43,45). The van der Waals surface area contributed by atoms with Gasteiger partial charge < -0.3 is 10.4 Å². The molecule has 10 nitrogen and oxygen atoms in total. The number of anilines is 2. The molecule has 2 fully saturated rings. The van der Waals surface area contributed by atoms with Gasteiger partial charge in [-0.15, -0.1) is 11.3 Å². The van der Waals surface area contributed by atoms with E-state index in [0.29, 0.717) is 23.3 Å². The number of alkyl halides is 3. The van der Waals surface area contributed by atoms with E-state index in [1.54, 1.807) is 30.9 Å². The van der Waals surface area contributed by atoms with E-state index >= 15 is 0 Å². The van der Waals surface area contributed by atoms with Gasteiger partial charge in [-0.1, -0.05) is 12.1 Å². The zero-order valence-electron chi connectivity index (χ0n) is 25.7. The Morgan fingerprint density at radius 3 is 2.40 bits per heavy atom. The first-order chi connectivity index (χ1) is 22.2. The molecule has 0 atom stereocenters. The highest BCUT2D eigenvalue weighted by Crippen LogP contribution is 2.39. The fourth-order valence-electron chi connectivity index (χ4n) is 5.85. The Morgan fingerprint density at radius 1 is 1.06 bits per heavy atom. The summed E-state index contributed by atoms with van der Waals surface area (Å²) in [7, 11) is 0. The molecular weight excluding hydrogens is 633 g/mol. The number of nitrogens with one attached hydrogen (secondary N) is 2. The highest BCUT2D eigenvalue weighted by molar-refractivity contribution is 7.18. The molecule has 246 valence electrons. The van der Waals surface area contributed by atoms with Gasteiger partial charge in [-0.25, -0.2) is 9.78 Å². The number of rotatable bonds is 7. The number of piperidine rings is 1. The third-order valence-electron chi connectivity index (χ3n) is 8.41. The molecule has 4 amide bonds. The number of aliphatic hydroxyl groups is 1. The van der Waals surface area contributed by atoms with Crippen LogP contribution in [0.5, 0.6) is 0 Å². The summed E-state index contributed by atoms with van der Waals surface area (Å²) in [6, 6.07) is 12.7. The molecular formula is C33H33F3N6O4S. The lowest BCUT2D eigenvalue weighted by molar-refractivity contribution is -0.141. The first kappa shape index (κ1) is 32.5. The Bertz CT molecular complexity index is 1810. The van der Waals surface area contributed by atoms with Crippen molar-refractivity contribution in [1.29, 1.82) is 0 Å². The quantitative estimate of drug-likeness (QED) is 0.220. The number of urea groups is 1. The van der Waals surface area contributed by atoms with Crippen LogP contribution in [0.1, 0.15) is 71.2 Å². The van der Waals surface area contributed by atoms with E-state index in [0.717, 1.165) is 71.8 Å². The van der Waals surface area contributed by atoms with Crippen molar-refractivity contribution in [3.05, 3.63) is 82.1 Å². The zero-order chi connectivity index (χ0) is 33.5. The predicted molar refractivity (Wildman–Crippen MR) is 171 cm³/mol. The van der Waals surface area contributed by atoms with Crippen LogP contribution < -0.4 is 15.5 Å². The maximum absolute atomic E-state index is 13.0. The summed E-state index contributed by atoms with van der Waals surface area (Å²) < 4.78 is 39.6. The molecule has 2 saturated heterocycles. The number of carbonyl (C=O) groups excluding carboxylic acids is 3. The summed E-state index contributed by atoms with van der Waals surface area (Å²) in [6.45, 7) is 6.05. The van der Waals surface area contributed by atoms with E-state index < -0.39 is 29.4 Å². The van der Waals surface area contributed by atoms with Gasteiger partial charge in [0.25, 0.3) is 5.91 Å². The molecule has 0 spiro atoms. The molecule has 3 N–H and O–H groups in total. The summed E-state index contributed by atoms with van der Waals surface area (Å²) in [6.07, 6.45) is -1.64. The number of amides is 4. The molecule has 0 aliphatic carbocycles. The number of thiazole rings is 1. The zero-order valence-corrected chi connectivity index (χ0v) is 26.5. The summed E-state index contributed by atoms with van der Waals surface area (Å²) in [5.41, 5.74) is 0.897. The van der Waals surface area contributed by atoms with E-state index in [9.17, 15) is 32.7 Å². The fourth-order valence-corrected chi connectivity index (χ4v) is 7.01. The number of likely N-dealkylation sites (tertiary alicyclic amines) is 1. The molecule has 47 heavy (non-hydrogen) atoms. The average Bonchev–Trinajstić information content (AvgIpc) is 3.44. The van der Waals surface area contributed by atoms with Crippen LogP contribution in [-0.2, 0) is 23.1 Å². The lowest BCUT2D eigenvalue weighted by atomic mass is 9.95. The van der Waals surface area contributed by atoms with Gasteiger partial charge in [0, 0.05) is 48.6 Å². The Labute approximate surface area is 272 Å². The first-order valence-electron chi connectivity index (χ1n) is 15.2. The van der Waals surface area contributed by atoms with Crippen LogP contribution in [-0.4, -0.2) is 57.5 Å². The minimum absolute atomic E-state index is 0.0421. The maximum Gasteiger partial charge on any atom is 0.433 e. The van der Waals surface area contributed by atoms with Gasteiger partial charge in [0.15, 0.2) is 0 Å². The monoisotopic (exact) mass is 666 g/mol. The molecule has 6 rings (SSSR count). The van der Waals surface area contributed by atoms with Gasteiger partial charge in [0.05, 0.1) is 26.4 Å². The molecule has 0 saturated carbocycles.